The predicted octanol–water partition coefficient (Wildman–Crippen LogP) is 2.49. The number of nitrogens with zero attached hydrogens (tertiary/aromatic N) is 1. The van der Waals surface area contributed by atoms with Crippen LogP contribution in [0, 0.1) is 5.92 Å². The third kappa shape index (κ3) is 3.07. The smallest absolute Gasteiger partial charge is 0.0943 e. The van der Waals surface area contributed by atoms with Gasteiger partial charge in [-0.1, -0.05) is 20.8 Å². The molecule has 0 fully saturated rings. The van der Waals surface area contributed by atoms with Crippen LogP contribution in [0.1, 0.15) is 31.5 Å². The van der Waals surface area contributed by atoms with Gasteiger partial charge in [-0.15, -0.1) is 11.3 Å². The van der Waals surface area contributed by atoms with Gasteiger partial charge in [0.25, 0.3) is 0 Å². The largest absolute Gasteiger partial charge is 0.316 e. The summed E-state index contributed by atoms with van der Waals surface area (Å²) in [5, 5.41) is 6.77. The molecule has 14 heavy (non-hydrogen) atoms. The lowest BCUT2D eigenvalue weighted by Crippen LogP contribution is -2.32. The molecule has 0 amide bonds. The molecular weight excluding hydrogens is 192 g/mol. The lowest BCUT2D eigenvalue weighted by molar-refractivity contribution is 0.424. The third-order valence-corrected chi connectivity index (χ3v) is 3.45. The van der Waals surface area contributed by atoms with E-state index in [1.807, 2.05) is 7.05 Å². The zero-order chi connectivity index (χ0) is 10.6. The van der Waals surface area contributed by atoms with E-state index < -0.39 is 0 Å². The Morgan fingerprint density at radius 1 is 1.50 bits per heavy atom. The first kappa shape index (κ1) is 11.7. The van der Waals surface area contributed by atoms with Gasteiger partial charge in [0.05, 0.1) is 10.7 Å². The van der Waals surface area contributed by atoms with Gasteiger partial charge in [-0.05, 0) is 19.4 Å². The van der Waals surface area contributed by atoms with E-state index in [2.05, 4.69) is 36.5 Å². The number of nitrogens with one attached hydrogen (secondary N) is 1. The summed E-state index contributed by atoms with van der Waals surface area (Å²) in [5.74, 6) is 0.661. The third-order valence-electron chi connectivity index (χ3n) is 2.53. The van der Waals surface area contributed by atoms with Crippen LogP contribution in [0.25, 0.3) is 0 Å². The van der Waals surface area contributed by atoms with Crippen LogP contribution in [-0.4, -0.2) is 18.1 Å². The van der Waals surface area contributed by atoms with Gasteiger partial charge in [0.2, 0.25) is 0 Å². The van der Waals surface area contributed by atoms with Crippen molar-refractivity contribution in [1.29, 1.82) is 0 Å². The summed E-state index contributed by atoms with van der Waals surface area (Å²) in [6.07, 6.45) is 2.10. The van der Waals surface area contributed by atoms with Crippen LogP contribution < -0.4 is 5.32 Å². The molecule has 80 valence electrons. The molecule has 0 aliphatic rings. The number of aryl methyl sites for hydroxylation is 1. The summed E-state index contributed by atoms with van der Waals surface area (Å²) < 4.78 is 0. The van der Waals surface area contributed by atoms with E-state index in [9.17, 15) is 0 Å². The zero-order valence-electron chi connectivity index (χ0n) is 9.50. The van der Waals surface area contributed by atoms with Crippen LogP contribution in [-0.2, 0) is 12.8 Å². The molecule has 0 radical (unpaired) electrons. The van der Waals surface area contributed by atoms with Gasteiger partial charge >= 0.3 is 0 Å². The van der Waals surface area contributed by atoms with Crippen molar-refractivity contribution < 1.29 is 0 Å². The summed E-state index contributed by atoms with van der Waals surface area (Å²) >= 11 is 1.78. The fourth-order valence-corrected chi connectivity index (χ4v) is 2.40. The molecule has 1 heterocycles. The van der Waals surface area contributed by atoms with E-state index in [1.54, 1.807) is 11.3 Å². The second kappa shape index (κ2) is 5.47. The highest BCUT2D eigenvalue weighted by molar-refractivity contribution is 7.09. The Kier molecular flexibility index (Phi) is 4.55. The first-order valence-electron chi connectivity index (χ1n) is 5.27. The fourth-order valence-electron chi connectivity index (χ4n) is 1.46. The topological polar surface area (TPSA) is 24.9 Å². The Morgan fingerprint density at radius 2 is 2.21 bits per heavy atom. The van der Waals surface area contributed by atoms with Gasteiger partial charge in [0.15, 0.2) is 0 Å². The highest BCUT2D eigenvalue weighted by Gasteiger charge is 2.13. The van der Waals surface area contributed by atoms with Gasteiger partial charge in [-0.3, -0.25) is 0 Å². The molecule has 0 aliphatic heterocycles. The molecule has 0 aliphatic carbocycles. The van der Waals surface area contributed by atoms with Gasteiger partial charge < -0.3 is 5.32 Å². The fraction of sp³-hybridized carbons (Fsp3) is 0.727. The van der Waals surface area contributed by atoms with Gasteiger partial charge in [0.1, 0.15) is 0 Å². The number of aromatic nitrogens is 1. The van der Waals surface area contributed by atoms with E-state index >= 15 is 0 Å². The summed E-state index contributed by atoms with van der Waals surface area (Å²) in [6, 6.07) is 0.547. The highest BCUT2D eigenvalue weighted by atomic mass is 32.1. The molecule has 1 rings (SSSR count). The standard InChI is InChI=1S/C11H20N2S/c1-5-9-7-14-11(13-9)6-10(12-4)8(2)3/h7-8,10,12H,5-6H2,1-4H3. The van der Waals surface area contributed by atoms with E-state index in [0.717, 1.165) is 12.8 Å². The molecule has 0 saturated carbocycles. The van der Waals surface area contributed by atoms with E-state index in [-0.39, 0.29) is 0 Å². The monoisotopic (exact) mass is 212 g/mol. The molecule has 0 saturated heterocycles. The summed E-state index contributed by atoms with van der Waals surface area (Å²) in [6.45, 7) is 6.64. The SMILES string of the molecule is CCc1csc(CC(NC)C(C)C)n1. The molecule has 0 spiro atoms. The Morgan fingerprint density at radius 3 is 2.64 bits per heavy atom. The Balaban J connectivity index is 2.57. The number of likely N-dealkylation sites (N-methyl/N-ethyl adjacent to an activating group) is 1. The van der Waals surface area contributed by atoms with Crippen molar-refractivity contribution in [2.24, 2.45) is 5.92 Å². The second-order valence-corrected chi connectivity index (χ2v) is 4.87. The number of hydrogen-bond acceptors (Lipinski definition) is 3. The minimum absolute atomic E-state index is 0.547. The maximum Gasteiger partial charge on any atom is 0.0943 e. The number of hydrogen-bond donors (Lipinski definition) is 1. The molecule has 0 aromatic carbocycles. The Labute approximate surface area is 90.8 Å². The number of rotatable bonds is 5. The highest BCUT2D eigenvalue weighted by Crippen LogP contribution is 2.15. The first-order chi connectivity index (χ1) is 6.67. The zero-order valence-corrected chi connectivity index (χ0v) is 10.3. The van der Waals surface area contributed by atoms with Crippen molar-refractivity contribution in [2.75, 3.05) is 7.05 Å². The molecule has 0 bridgehead atoms. The van der Waals surface area contributed by atoms with Crippen LogP contribution in [0.2, 0.25) is 0 Å². The maximum atomic E-state index is 4.58. The predicted molar refractivity (Wildman–Crippen MR) is 62.9 cm³/mol. The summed E-state index contributed by atoms with van der Waals surface area (Å²) in [7, 11) is 2.03. The molecule has 1 atom stereocenters. The van der Waals surface area contributed by atoms with Crippen molar-refractivity contribution in [3.05, 3.63) is 16.1 Å². The van der Waals surface area contributed by atoms with E-state index in [0.29, 0.717) is 12.0 Å². The van der Waals surface area contributed by atoms with E-state index in [4.69, 9.17) is 0 Å². The lowest BCUT2D eigenvalue weighted by atomic mass is 10.0. The van der Waals surface area contributed by atoms with Crippen LogP contribution in [0.4, 0.5) is 0 Å². The molecule has 1 aromatic heterocycles. The Hall–Kier alpha value is -0.410. The molecule has 1 unspecified atom stereocenters. The Bertz CT molecular complexity index is 268. The quantitative estimate of drug-likeness (QED) is 0.811. The normalized spacial score (nSPS) is 13.5. The number of thiazole rings is 1. The van der Waals surface area contributed by atoms with Crippen LogP contribution in [0.15, 0.2) is 5.38 Å². The maximum absolute atomic E-state index is 4.58. The first-order valence-corrected chi connectivity index (χ1v) is 6.15. The van der Waals surface area contributed by atoms with Crippen molar-refractivity contribution >= 4 is 11.3 Å². The molecular formula is C11H20N2S. The molecule has 2 nitrogen and oxygen atoms in total. The van der Waals surface area contributed by atoms with Crippen molar-refractivity contribution in [3.8, 4) is 0 Å². The molecule has 3 heteroatoms. The van der Waals surface area contributed by atoms with E-state index in [1.165, 1.54) is 10.7 Å². The van der Waals surface area contributed by atoms with Crippen LogP contribution >= 0.6 is 11.3 Å². The second-order valence-electron chi connectivity index (χ2n) is 3.93. The summed E-state index contributed by atoms with van der Waals surface area (Å²) in [5.41, 5.74) is 1.23. The van der Waals surface area contributed by atoms with Crippen LogP contribution in [0.5, 0.6) is 0 Å². The van der Waals surface area contributed by atoms with Crippen LogP contribution in [0.3, 0.4) is 0 Å². The van der Waals surface area contributed by atoms with Crippen molar-refractivity contribution in [1.82, 2.24) is 10.3 Å². The molecule has 1 aromatic rings. The van der Waals surface area contributed by atoms with Crippen molar-refractivity contribution in [3.63, 3.8) is 0 Å². The van der Waals surface area contributed by atoms with Gasteiger partial charge in [-0.2, -0.15) is 0 Å². The van der Waals surface area contributed by atoms with Gasteiger partial charge in [0, 0.05) is 17.8 Å². The minimum atomic E-state index is 0.547. The minimum Gasteiger partial charge on any atom is -0.316 e. The van der Waals surface area contributed by atoms with Gasteiger partial charge in [-0.25, -0.2) is 4.98 Å². The summed E-state index contributed by atoms with van der Waals surface area (Å²) in [4.78, 5) is 4.58. The lowest BCUT2D eigenvalue weighted by Gasteiger charge is -2.18. The average molecular weight is 212 g/mol. The molecule has 1 N–H and O–H groups in total. The average Bonchev–Trinajstić information content (AvgIpc) is 2.61. The van der Waals surface area contributed by atoms with Crippen molar-refractivity contribution in [2.45, 2.75) is 39.7 Å².